The number of carbonyl (C=O) groups excluding carboxylic acids is 1. The lowest BCUT2D eigenvalue weighted by molar-refractivity contribution is -0.116. The number of hydrogen-bond acceptors (Lipinski definition) is 4. The standard InChI is InChI=1S/C14H14N2O3/c1-10(7-15)8-16-14(17)5-3-11-2-4-12-13(6-11)19-9-18-12/h2-6,10H,8-9H2,1H3,(H,16,17)/b5-3+. The lowest BCUT2D eigenvalue weighted by atomic mass is 10.2. The summed E-state index contributed by atoms with van der Waals surface area (Å²) in [4.78, 5) is 11.5. The number of nitriles is 1. The molecule has 1 atom stereocenters. The summed E-state index contributed by atoms with van der Waals surface area (Å²) >= 11 is 0. The fraction of sp³-hybridized carbons (Fsp3) is 0.286. The zero-order valence-corrected chi connectivity index (χ0v) is 10.6. The Morgan fingerprint density at radius 1 is 1.53 bits per heavy atom. The van der Waals surface area contributed by atoms with Crippen LogP contribution < -0.4 is 14.8 Å². The molecule has 1 amide bonds. The van der Waals surface area contributed by atoms with Crippen molar-refractivity contribution in [2.45, 2.75) is 6.92 Å². The van der Waals surface area contributed by atoms with Crippen LogP contribution in [0.25, 0.3) is 6.08 Å². The van der Waals surface area contributed by atoms with Crippen LogP contribution in [0.2, 0.25) is 0 Å². The minimum Gasteiger partial charge on any atom is -0.454 e. The topological polar surface area (TPSA) is 71.4 Å². The Morgan fingerprint density at radius 3 is 3.11 bits per heavy atom. The van der Waals surface area contributed by atoms with Gasteiger partial charge in [0.15, 0.2) is 11.5 Å². The Hall–Kier alpha value is -2.48. The van der Waals surface area contributed by atoms with Crippen molar-refractivity contribution in [2.75, 3.05) is 13.3 Å². The van der Waals surface area contributed by atoms with E-state index in [0.717, 1.165) is 5.56 Å². The van der Waals surface area contributed by atoms with Crippen LogP contribution in [0.1, 0.15) is 12.5 Å². The highest BCUT2D eigenvalue weighted by molar-refractivity contribution is 5.91. The van der Waals surface area contributed by atoms with Crippen molar-refractivity contribution in [1.29, 1.82) is 5.26 Å². The average Bonchev–Trinajstić information content (AvgIpc) is 2.89. The number of nitrogens with one attached hydrogen (secondary N) is 1. The predicted octanol–water partition coefficient (Wildman–Crippen LogP) is 1.70. The maximum absolute atomic E-state index is 11.5. The van der Waals surface area contributed by atoms with Gasteiger partial charge >= 0.3 is 0 Å². The van der Waals surface area contributed by atoms with Gasteiger partial charge in [0.2, 0.25) is 12.7 Å². The molecule has 0 bridgehead atoms. The van der Waals surface area contributed by atoms with Gasteiger partial charge in [0.1, 0.15) is 0 Å². The average molecular weight is 258 g/mol. The van der Waals surface area contributed by atoms with Gasteiger partial charge in [-0.3, -0.25) is 4.79 Å². The summed E-state index contributed by atoms with van der Waals surface area (Å²) in [7, 11) is 0. The van der Waals surface area contributed by atoms with Crippen molar-refractivity contribution in [3.63, 3.8) is 0 Å². The molecule has 1 unspecified atom stereocenters. The minimum atomic E-state index is -0.222. The lowest BCUT2D eigenvalue weighted by Gasteiger charge is -2.02. The number of fused-ring (bicyclic) bond motifs is 1. The molecule has 19 heavy (non-hydrogen) atoms. The molecule has 0 spiro atoms. The monoisotopic (exact) mass is 258 g/mol. The van der Waals surface area contributed by atoms with Gasteiger partial charge in [-0.2, -0.15) is 5.26 Å². The third-order valence-electron chi connectivity index (χ3n) is 2.63. The van der Waals surface area contributed by atoms with Crippen LogP contribution in [0, 0.1) is 17.2 Å². The molecule has 1 aromatic rings. The first-order valence-electron chi connectivity index (χ1n) is 5.94. The minimum absolute atomic E-state index is 0.192. The molecule has 5 nitrogen and oxygen atoms in total. The maximum atomic E-state index is 11.5. The molecule has 5 heteroatoms. The first kappa shape index (κ1) is 13.0. The Kier molecular flexibility index (Phi) is 4.04. The molecule has 1 heterocycles. The van der Waals surface area contributed by atoms with E-state index in [1.165, 1.54) is 6.08 Å². The van der Waals surface area contributed by atoms with E-state index in [2.05, 4.69) is 11.4 Å². The van der Waals surface area contributed by atoms with Gasteiger partial charge in [-0.1, -0.05) is 6.07 Å². The Morgan fingerprint density at radius 2 is 2.32 bits per heavy atom. The number of ether oxygens (including phenoxy) is 2. The van der Waals surface area contributed by atoms with Gasteiger partial charge in [-0.15, -0.1) is 0 Å². The van der Waals surface area contributed by atoms with E-state index in [1.807, 2.05) is 12.1 Å². The van der Waals surface area contributed by atoms with Crippen LogP contribution in [0.5, 0.6) is 11.5 Å². The van der Waals surface area contributed by atoms with E-state index in [0.29, 0.717) is 18.0 Å². The summed E-state index contributed by atoms with van der Waals surface area (Å²) in [6.07, 6.45) is 3.12. The second kappa shape index (κ2) is 5.91. The van der Waals surface area contributed by atoms with Crippen LogP contribution in [-0.4, -0.2) is 19.2 Å². The van der Waals surface area contributed by atoms with E-state index < -0.39 is 0 Å². The van der Waals surface area contributed by atoms with Crippen LogP contribution in [-0.2, 0) is 4.79 Å². The fourth-order valence-electron chi connectivity index (χ4n) is 1.55. The van der Waals surface area contributed by atoms with Gasteiger partial charge in [-0.05, 0) is 30.7 Å². The molecule has 0 fully saturated rings. The smallest absolute Gasteiger partial charge is 0.244 e. The zero-order chi connectivity index (χ0) is 13.7. The molecule has 0 saturated heterocycles. The summed E-state index contributed by atoms with van der Waals surface area (Å²) in [5, 5.41) is 11.3. The summed E-state index contributed by atoms with van der Waals surface area (Å²) in [5.41, 5.74) is 0.854. The Bertz CT molecular complexity index is 546. The summed E-state index contributed by atoms with van der Waals surface area (Å²) in [6, 6.07) is 7.51. The maximum Gasteiger partial charge on any atom is 0.244 e. The Labute approximate surface area is 111 Å². The molecule has 1 aliphatic rings. The largest absolute Gasteiger partial charge is 0.454 e. The van der Waals surface area contributed by atoms with Crippen molar-refractivity contribution in [3.8, 4) is 17.6 Å². The Balaban J connectivity index is 1.92. The van der Waals surface area contributed by atoms with E-state index in [9.17, 15) is 4.79 Å². The summed E-state index contributed by atoms with van der Waals surface area (Å²) < 4.78 is 10.4. The van der Waals surface area contributed by atoms with Crippen LogP contribution >= 0.6 is 0 Å². The van der Waals surface area contributed by atoms with Crippen molar-refractivity contribution in [3.05, 3.63) is 29.8 Å². The van der Waals surface area contributed by atoms with Crippen molar-refractivity contribution in [1.82, 2.24) is 5.32 Å². The molecule has 0 saturated carbocycles. The molecule has 1 aliphatic heterocycles. The van der Waals surface area contributed by atoms with Crippen molar-refractivity contribution in [2.24, 2.45) is 5.92 Å². The van der Waals surface area contributed by atoms with E-state index in [4.69, 9.17) is 14.7 Å². The van der Waals surface area contributed by atoms with Gasteiger partial charge in [-0.25, -0.2) is 0 Å². The molecule has 98 valence electrons. The second-order valence-electron chi connectivity index (χ2n) is 4.22. The van der Waals surface area contributed by atoms with Gasteiger partial charge in [0.25, 0.3) is 0 Å². The van der Waals surface area contributed by atoms with Crippen LogP contribution in [0.15, 0.2) is 24.3 Å². The molecule has 0 aromatic heterocycles. The molecule has 1 aromatic carbocycles. The number of amides is 1. The molecule has 0 radical (unpaired) electrons. The van der Waals surface area contributed by atoms with Crippen molar-refractivity contribution >= 4 is 12.0 Å². The van der Waals surface area contributed by atoms with E-state index in [1.54, 1.807) is 19.1 Å². The third-order valence-corrected chi connectivity index (χ3v) is 2.63. The number of benzene rings is 1. The molecule has 1 N–H and O–H groups in total. The van der Waals surface area contributed by atoms with E-state index in [-0.39, 0.29) is 18.6 Å². The molecular formula is C14H14N2O3. The highest BCUT2D eigenvalue weighted by atomic mass is 16.7. The van der Waals surface area contributed by atoms with E-state index >= 15 is 0 Å². The first-order valence-corrected chi connectivity index (χ1v) is 5.94. The molecule has 0 aliphatic carbocycles. The fourth-order valence-corrected chi connectivity index (χ4v) is 1.55. The predicted molar refractivity (Wildman–Crippen MR) is 69.4 cm³/mol. The third kappa shape index (κ3) is 3.49. The molecule has 2 rings (SSSR count). The van der Waals surface area contributed by atoms with Gasteiger partial charge < -0.3 is 14.8 Å². The summed E-state index contributed by atoms with van der Waals surface area (Å²) in [5.74, 6) is 0.979. The highest BCUT2D eigenvalue weighted by Gasteiger charge is 2.12. The van der Waals surface area contributed by atoms with Gasteiger partial charge in [0.05, 0.1) is 12.0 Å². The first-order chi connectivity index (χ1) is 9.19. The normalized spacial score (nSPS) is 14.1. The van der Waals surface area contributed by atoms with Crippen molar-refractivity contribution < 1.29 is 14.3 Å². The number of carbonyl (C=O) groups is 1. The second-order valence-corrected chi connectivity index (χ2v) is 4.22. The number of rotatable bonds is 4. The van der Waals surface area contributed by atoms with Crippen LogP contribution in [0.4, 0.5) is 0 Å². The molecular weight excluding hydrogens is 244 g/mol. The number of nitrogens with zero attached hydrogens (tertiary/aromatic N) is 1. The zero-order valence-electron chi connectivity index (χ0n) is 10.6. The van der Waals surface area contributed by atoms with Gasteiger partial charge in [0, 0.05) is 12.6 Å². The summed E-state index contributed by atoms with van der Waals surface area (Å²) in [6.45, 7) is 2.33. The highest BCUT2D eigenvalue weighted by Crippen LogP contribution is 2.32. The lowest BCUT2D eigenvalue weighted by Crippen LogP contribution is -2.25. The quantitative estimate of drug-likeness (QED) is 0.834. The SMILES string of the molecule is CC(C#N)CNC(=O)/C=C/c1ccc2c(c1)OCO2. The van der Waals surface area contributed by atoms with Crippen LogP contribution in [0.3, 0.4) is 0 Å². The number of hydrogen-bond donors (Lipinski definition) is 1.